The smallest absolute Gasteiger partial charge is 0.251 e. The molecule has 2 rings (SSSR count). The molecule has 0 saturated heterocycles. The summed E-state index contributed by atoms with van der Waals surface area (Å²) in [6, 6.07) is 9.35. The summed E-state index contributed by atoms with van der Waals surface area (Å²) in [4.78, 5) is 12.2. The molecule has 3 nitrogen and oxygen atoms in total. The zero-order valence-corrected chi connectivity index (χ0v) is 11.0. The maximum atomic E-state index is 12.2. The van der Waals surface area contributed by atoms with Crippen LogP contribution in [-0.4, -0.2) is 18.0 Å². The predicted molar refractivity (Wildman–Crippen MR) is 73.3 cm³/mol. The van der Waals surface area contributed by atoms with Crippen molar-refractivity contribution in [2.45, 2.75) is 38.1 Å². The predicted octanol–water partition coefficient (Wildman–Crippen LogP) is 2.32. The molecule has 1 amide bonds. The largest absolute Gasteiger partial charge is 0.345 e. The summed E-state index contributed by atoms with van der Waals surface area (Å²) >= 11 is 0. The Labute approximate surface area is 109 Å². The molecule has 0 heterocycles. The van der Waals surface area contributed by atoms with Gasteiger partial charge in [0.15, 0.2) is 0 Å². The SMILES string of the molecule is CC1CCC(CN)(NC(=O)c2ccccc2)CC1. The van der Waals surface area contributed by atoms with Crippen molar-refractivity contribution in [2.24, 2.45) is 11.7 Å². The Morgan fingerprint density at radius 1 is 1.33 bits per heavy atom. The Morgan fingerprint density at radius 2 is 1.94 bits per heavy atom. The number of rotatable bonds is 3. The first-order valence-corrected chi connectivity index (χ1v) is 6.73. The summed E-state index contributed by atoms with van der Waals surface area (Å²) in [5.74, 6) is 0.744. The molecule has 0 bridgehead atoms. The van der Waals surface area contributed by atoms with E-state index in [1.54, 1.807) is 0 Å². The average molecular weight is 246 g/mol. The highest BCUT2D eigenvalue weighted by atomic mass is 16.1. The molecule has 1 aliphatic rings. The van der Waals surface area contributed by atoms with E-state index in [9.17, 15) is 4.79 Å². The van der Waals surface area contributed by atoms with Crippen molar-refractivity contribution in [1.82, 2.24) is 5.32 Å². The Balaban J connectivity index is 2.05. The van der Waals surface area contributed by atoms with Crippen LogP contribution in [0.1, 0.15) is 43.0 Å². The zero-order valence-electron chi connectivity index (χ0n) is 11.0. The van der Waals surface area contributed by atoms with E-state index in [2.05, 4.69) is 12.2 Å². The standard InChI is InChI=1S/C15H22N2O/c1-12-7-9-15(11-16,10-8-12)17-14(18)13-5-3-2-4-6-13/h2-6,12H,7-11,16H2,1H3,(H,17,18). The highest BCUT2D eigenvalue weighted by Crippen LogP contribution is 2.31. The molecule has 0 atom stereocenters. The second kappa shape index (κ2) is 5.53. The van der Waals surface area contributed by atoms with E-state index in [1.165, 1.54) is 0 Å². The average Bonchev–Trinajstić information content (AvgIpc) is 2.43. The topological polar surface area (TPSA) is 55.1 Å². The Bertz CT molecular complexity index is 394. The van der Waals surface area contributed by atoms with Crippen molar-refractivity contribution < 1.29 is 4.79 Å². The van der Waals surface area contributed by atoms with E-state index in [1.807, 2.05) is 30.3 Å². The minimum Gasteiger partial charge on any atom is -0.345 e. The molecule has 3 heteroatoms. The fourth-order valence-electron chi connectivity index (χ4n) is 2.60. The second-order valence-electron chi connectivity index (χ2n) is 5.49. The molecule has 1 aliphatic carbocycles. The molecule has 98 valence electrons. The molecular weight excluding hydrogens is 224 g/mol. The quantitative estimate of drug-likeness (QED) is 0.860. The number of nitrogens with two attached hydrogens (primary N) is 1. The van der Waals surface area contributed by atoms with E-state index in [0.717, 1.165) is 31.6 Å². The summed E-state index contributed by atoms with van der Waals surface area (Å²) in [6.07, 6.45) is 4.27. The maximum absolute atomic E-state index is 12.2. The summed E-state index contributed by atoms with van der Waals surface area (Å²) in [7, 11) is 0. The molecule has 0 aromatic heterocycles. The molecule has 1 saturated carbocycles. The van der Waals surface area contributed by atoms with Gasteiger partial charge in [-0.15, -0.1) is 0 Å². The number of hydrogen-bond acceptors (Lipinski definition) is 2. The van der Waals surface area contributed by atoms with E-state index < -0.39 is 0 Å². The first-order chi connectivity index (χ1) is 8.65. The Kier molecular flexibility index (Phi) is 4.02. The normalized spacial score (nSPS) is 27.8. The summed E-state index contributed by atoms with van der Waals surface area (Å²) in [6.45, 7) is 2.79. The van der Waals surface area contributed by atoms with Gasteiger partial charge in [0, 0.05) is 12.1 Å². The van der Waals surface area contributed by atoms with Crippen molar-refractivity contribution in [3.05, 3.63) is 35.9 Å². The lowest BCUT2D eigenvalue weighted by molar-refractivity contribution is 0.0860. The van der Waals surface area contributed by atoms with Gasteiger partial charge in [-0.1, -0.05) is 25.1 Å². The molecule has 0 unspecified atom stereocenters. The summed E-state index contributed by atoms with van der Waals surface area (Å²) < 4.78 is 0. The van der Waals surface area contributed by atoms with Gasteiger partial charge in [0.2, 0.25) is 0 Å². The molecular formula is C15H22N2O. The van der Waals surface area contributed by atoms with Gasteiger partial charge < -0.3 is 11.1 Å². The van der Waals surface area contributed by atoms with Crippen LogP contribution in [-0.2, 0) is 0 Å². The lowest BCUT2D eigenvalue weighted by atomic mass is 9.77. The molecule has 0 spiro atoms. The lowest BCUT2D eigenvalue weighted by Crippen LogP contribution is -2.55. The number of nitrogens with one attached hydrogen (secondary N) is 1. The first-order valence-electron chi connectivity index (χ1n) is 6.73. The molecule has 1 aromatic rings. The number of hydrogen-bond donors (Lipinski definition) is 2. The third-order valence-electron chi connectivity index (χ3n) is 4.04. The molecule has 0 radical (unpaired) electrons. The molecule has 1 aromatic carbocycles. The van der Waals surface area contributed by atoms with Crippen molar-refractivity contribution in [3.63, 3.8) is 0 Å². The van der Waals surface area contributed by atoms with Crippen LogP contribution in [0.3, 0.4) is 0 Å². The van der Waals surface area contributed by atoms with E-state index in [0.29, 0.717) is 12.1 Å². The van der Waals surface area contributed by atoms with Crippen LogP contribution in [0.5, 0.6) is 0 Å². The Hall–Kier alpha value is -1.35. The van der Waals surface area contributed by atoms with Gasteiger partial charge in [-0.3, -0.25) is 4.79 Å². The van der Waals surface area contributed by atoms with Crippen LogP contribution in [0.15, 0.2) is 30.3 Å². The van der Waals surface area contributed by atoms with E-state index >= 15 is 0 Å². The van der Waals surface area contributed by atoms with Crippen LogP contribution < -0.4 is 11.1 Å². The van der Waals surface area contributed by atoms with Gasteiger partial charge >= 0.3 is 0 Å². The number of benzene rings is 1. The monoisotopic (exact) mass is 246 g/mol. The third kappa shape index (κ3) is 2.91. The van der Waals surface area contributed by atoms with Crippen molar-refractivity contribution in [3.8, 4) is 0 Å². The number of carbonyl (C=O) groups excluding carboxylic acids is 1. The third-order valence-corrected chi connectivity index (χ3v) is 4.04. The fourth-order valence-corrected chi connectivity index (χ4v) is 2.60. The molecule has 18 heavy (non-hydrogen) atoms. The van der Waals surface area contributed by atoms with Crippen molar-refractivity contribution in [1.29, 1.82) is 0 Å². The van der Waals surface area contributed by atoms with E-state index in [4.69, 9.17) is 5.73 Å². The van der Waals surface area contributed by atoms with Crippen molar-refractivity contribution in [2.75, 3.05) is 6.54 Å². The van der Waals surface area contributed by atoms with Crippen LogP contribution in [0.4, 0.5) is 0 Å². The number of amides is 1. The van der Waals surface area contributed by atoms with Gasteiger partial charge in [0.25, 0.3) is 5.91 Å². The minimum atomic E-state index is -0.195. The van der Waals surface area contributed by atoms with Crippen LogP contribution in [0.25, 0.3) is 0 Å². The van der Waals surface area contributed by atoms with Gasteiger partial charge in [-0.25, -0.2) is 0 Å². The zero-order chi connectivity index (χ0) is 13.0. The van der Waals surface area contributed by atoms with E-state index in [-0.39, 0.29) is 11.4 Å². The van der Waals surface area contributed by atoms with Crippen molar-refractivity contribution >= 4 is 5.91 Å². The van der Waals surface area contributed by atoms with Gasteiger partial charge in [-0.05, 0) is 43.7 Å². The van der Waals surface area contributed by atoms with Gasteiger partial charge in [0.1, 0.15) is 0 Å². The summed E-state index contributed by atoms with van der Waals surface area (Å²) in [5, 5.41) is 3.15. The highest BCUT2D eigenvalue weighted by Gasteiger charge is 2.34. The van der Waals surface area contributed by atoms with Crippen LogP contribution in [0, 0.1) is 5.92 Å². The first kappa shape index (κ1) is 13.1. The second-order valence-corrected chi connectivity index (χ2v) is 5.49. The van der Waals surface area contributed by atoms with Gasteiger partial charge in [-0.2, -0.15) is 0 Å². The highest BCUT2D eigenvalue weighted by molar-refractivity contribution is 5.94. The molecule has 3 N–H and O–H groups in total. The fraction of sp³-hybridized carbons (Fsp3) is 0.533. The van der Waals surface area contributed by atoms with Crippen LogP contribution >= 0.6 is 0 Å². The maximum Gasteiger partial charge on any atom is 0.251 e. The minimum absolute atomic E-state index is 0.00407. The lowest BCUT2D eigenvalue weighted by Gasteiger charge is -2.39. The van der Waals surface area contributed by atoms with Crippen LogP contribution in [0.2, 0.25) is 0 Å². The Morgan fingerprint density at radius 3 is 2.50 bits per heavy atom. The summed E-state index contributed by atoms with van der Waals surface area (Å²) in [5.41, 5.74) is 6.41. The number of carbonyl (C=O) groups is 1. The molecule has 0 aliphatic heterocycles. The molecule has 1 fully saturated rings. The van der Waals surface area contributed by atoms with Gasteiger partial charge in [0.05, 0.1) is 5.54 Å².